The van der Waals surface area contributed by atoms with E-state index in [0.717, 1.165) is 25.3 Å². The number of carbonyl (C=O) groups excluding carboxylic acids is 2. The minimum absolute atomic E-state index is 0.0186. The topological polar surface area (TPSA) is 52.7 Å². The number of hydrogen-bond acceptors (Lipinski definition) is 3. The molecule has 2 aliphatic rings. The molecule has 5 nitrogen and oxygen atoms in total. The maximum absolute atomic E-state index is 12.4. The van der Waals surface area contributed by atoms with Crippen molar-refractivity contribution in [1.29, 1.82) is 0 Å². The quantitative estimate of drug-likeness (QED) is 0.875. The highest BCUT2D eigenvalue weighted by Crippen LogP contribution is 2.27. The monoisotopic (exact) mass is 363 g/mol. The van der Waals surface area contributed by atoms with Crippen molar-refractivity contribution >= 4 is 29.1 Å². The summed E-state index contributed by atoms with van der Waals surface area (Å²) in [5.74, 6) is -0.321. The summed E-state index contributed by atoms with van der Waals surface area (Å²) in [4.78, 5) is 28.7. The van der Waals surface area contributed by atoms with Gasteiger partial charge in [0.05, 0.1) is 5.92 Å². The number of rotatable bonds is 5. The van der Waals surface area contributed by atoms with Gasteiger partial charge in [0.1, 0.15) is 0 Å². The highest BCUT2D eigenvalue weighted by atomic mass is 35.5. The van der Waals surface area contributed by atoms with Crippen LogP contribution in [-0.2, 0) is 9.59 Å². The van der Waals surface area contributed by atoms with Crippen molar-refractivity contribution in [3.63, 3.8) is 0 Å². The fraction of sp³-hybridized carbons (Fsp3) is 0.579. The molecular formula is C19H26ClN3O2. The summed E-state index contributed by atoms with van der Waals surface area (Å²) < 4.78 is 0. The summed E-state index contributed by atoms with van der Waals surface area (Å²) >= 11 is 6.00. The summed E-state index contributed by atoms with van der Waals surface area (Å²) in [5.41, 5.74) is 0.761. The Morgan fingerprint density at radius 1 is 1.20 bits per heavy atom. The minimum atomic E-state index is -0.282. The van der Waals surface area contributed by atoms with Crippen molar-refractivity contribution in [3.8, 4) is 0 Å². The number of nitrogens with one attached hydrogen (secondary N) is 1. The van der Waals surface area contributed by atoms with E-state index in [4.69, 9.17) is 11.6 Å². The van der Waals surface area contributed by atoms with Gasteiger partial charge >= 0.3 is 0 Å². The smallest absolute Gasteiger partial charge is 0.227 e. The Labute approximate surface area is 154 Å². The first-order chi connectivity index (χ1) is 12.1. The predicted octanol–water partition coefficient (Wildman–Crippen LogP) is 2.69. The van der Waals surface area contributed by atoms with E-state index >= 15 is 0 Å². The van der Waals surface area contributed by atoms with Crippen LogP contribution in [0.15, 0.2) is 24.3 Å². The third-order valence-corrected chi connectivity index (χ3v) is 5.28. The second-order valence-corrected chi connectivity index (χ2v) is 7.37. The van der Waals surface area contributed by atoms with Crippen LogP contribution in [0.2, 0.25) is 5.02 Å². The molecule has 0 aromatic heterocycles. The van der Waals surface area contributed by atoms with Crippen LogP contribution in [0.1, 0.15) is 32.1 Å². The van der Waals surface area contributed by atoms with Crippen LogP contribution in [0, 0.1) is 5.92 Å². The highest BCUT2D eigenvalue weighted by molar-refractivity contribution is 6.30. The Balaban J connectivity index is 1.47. The summed E-state index contributed by atoms with van der Waals surface area (Å²) in [6, 6.07) is 7.21. The molecule has 0 radical (unpaired) electrons. The molecule has 3 rings (SSSR count). The lowest BCUT2D eigenvalue weighted by molar-refractivity contribution is -0.126. The number of halogens is 1. The van der Waals surface area contributed by atoms with Crippen molar-refractivity contribution in [2.24, 2.45) is 5.92 Å². The van der Waals surface area contributed by atoms with Gasteiger partial charge in [-0.3, -0.25) is 9.59 Å². The number of anilines is 1. The summed E-state index contributed by atoms with van der Waals surface area (Å²) in [5, 5.41) is 3.60. The van der Waals surface area contributed by atoms with Crippen LogP contribution in [0.5, 0.6) is 0 Å². The third-order valence-electron chi connectivity index (χ3n) is 5.04. The second kappa shape index (κ2) is 8.68. The summed E-state index contributed by atoms with van der Waals surface area (Å²) in [6.45, 7) is 4.22. The molecule has 0 saturated carbocycles. The lowest BCUT2D eigenvalue weighted by Gasteiger charge is -2.20. The molecule has 1 aromatic carbocycles. The zero-order valence-electron chi connectivity index (χ0n) is 14.5. The number of nitrogens with zero attached hydrogens (tertiary/aromatic N) is 2. The maximum atomic E-state index is 12.4. The average Bonchev–Trinajstić information content (AvgIpc) is 2.80. The molecule has 2 heterocycles. The van der Waals surface area contributed by atoms with E-state index in [1.165, 1.54) is 25.7 Å². The number of amides is 2. The van der Waals surface area contributed by atoms with Crippen molar-refractivity contribution in [2.45, 2.75) is 32.1 Å². The van der Waals surface area contributed by atoms with E-state index in [1.807, 2.05) is 12.1 Å². The largest absolute Gasteiger partial charge is 0.355 e. The Hall–Kier alpha value is -1.59. The van der Waals surface area contributed by atoms with Gasteiger partial charge in [0.25, 0.3) is 0 Å². The molecule has 0 bridgehead atoms. The van der Waals surface area contributed by atoms with Gasteiger partial charge in [-0.25, -0.2) is 0 Å². The maximum Gasteiger partial charge on any atom is 0.227 e. The van der Waals surface area contributed by atoms with Crippen LogP contribution in [0.3, 0.4) is 0 Å². The van der Waals surface area contributed by atoms with E-state index in [2.05, 4.69) is 10.2 Å². The molecule has 6 heteroatoms. The van der Waals surface area contributed by atoms with Crippen molar-refractivity contribution in [2.75, 3.05) is 37.6 Å². The van der Waals surface area contributed by atoms with Crippen molar-refractivity contribution < 1.29 is 9.59 Å². The Kier molecular flexibility index (Phi) is 6.32. The number of hydrogen-bond donors (Lipinski definition) is 1. The van der Waals surface area contributed by atoms with Gasteiger partial charge in [0, 0.05) is 36.8 Å². The van der Waals surface area contributed by atoms with E-state index in [9.17, 15) is 9.59 Å². The molecule has 2 amide bonds. The molecule has 0 aliphatic carbocycles. The molecule has 2 aliphatic heterocycles. The van der Waals surface area contributed by atoms with Crippen LogP contribution in [0.4, 0.5) is 5.69 Å². The lowest BCUT2D eigenvalue weighted by atomic mass is 10.1. The van der Waals surface area contributed by atoms with E-state index in [0.29, 0.717) is 18.1 Å². The van der Waals surface area contributed by atoms with Crippen LogP contribution < -0.4 is 10.2 Å². The highest BCUT2D eigenvalue weighted by Gasteiger charge is 2.35. The van der Waals surface area contributed by atoms with Gasteiger partial charge in [-0.05, 0) is 44.1 Å². The van der Waals surface area contributed by atoms with Crippen molar-refractivity contribution in [3.05, 3.63) is 29.3 Å². The first kappa shape index (κ1) is 18.2. The molecular weight excluding hydrogens is 338 g/mol. The van der Waals surface area contributed by atoms with E-state index in [-0.39, 0.29) is 24.2 Å². The number of benzene rings is 1. The van der Waals surface area contributed by atoms with Gasteiger partial charge in [-0.1, -0.05) is 30.5 Å². The zero-order valence-corrected chi connectivity index (χ0v) is 15.3. The normalized spacial score (nSPS) is 22.0. The SMILES string of the molecule is O=C(NCCN1CCCCCC1)C1CC(=O)N(c2cccc(Cl)c2)C1. The molecule has 2 saturated heterocycles. The lowest BCUT2D eigenvalue weighted by Crippen LogP contribution is -2.38. The van der Waals surface area contributed by atoms with Crippen LogP contribution >= 0.6 is 11.6 Å². The number of carbonyl (C=O) groups is 2. The van der Waals surface area contributed by atoms with Gasteiger partial charge in [0.15, 0.2) is 0 Å². The van der Waals surface area contributed by atoms with E-state index in [1.54, 1.807) is 17.0 Å². The van der Waals surface area contributed by atoms with Gasteiger partial charge in [-0.15, -0.1) is 0 Å². The van der Waals surface area contributed by atoms with Gasteiger partial charge in [-0.2, -0.15) is 0 Å². The van der Waals surface area contributed by atoms with E-state index < -0.39 is 0 Å². The molecule has 1 aromatic rings. The molecule has 25 heavy (non-hydrogen) atoms. The van der Waals surface area contributed by atoms with Gasteiger partial charge < -0.3 is 15.1 Å². The summed E-state index contributed by atoms with van der Waals surface area (Å²) in [7, 11) is 0. The fourth-order valence-corrected chi connectivity index (χ4v) is 3.80. The molecule has 1 unspecified atom stereocenters. The Bertz CT molecular complexity index is 614. The Morgan fingerprint density at radius 2 is 1.96 bits per heavy atom. The minimum Gasteiger partial charge on any atom is -0.355 e. The first-order valence-corrected chi connectivity index (χ1v) is 9.57. The molecule has 136 valence electrons. The molecule has 1 N–H and O–H groups in total. The first-order valence-electron chi connectivity index (χ1n) is 9.19. The molecule has 2 fully saturated rings. The van der Waals surface area contributed by atoms with Crippen molar-refractivity contribution in [1.82, 2.24) is 10.2 Å². The fourth-order valence-electron chi connectivity index (χ4n) is 3.62. The van der Waals surface area contributed by atoms with Gasteiger partial charge in [0.2, 0.25) is 11.8 Å². The molecule has 0 spiro atoms. The Morgan fingerprint density at radius 3 is 2.68 bits per heavy atom. The van der Waals surface area contributed by atoms with Crippen LogP contribution in [0.25, 0.3) is 0 Å². The third kappa shape index (κ3) is 4.95. The average molecular weight is 364 g/mol. The summed E-state index contributed by atoms with van der Waals surface area (Å²) in [6.07, 6.45) is 5.39. The predicted molar refractivity (Wildman–Crippen MR) is 99.8 cm³/mol. The number of likely N-dealkylation sites (tertiary alicyclic amines) is 1. The molecule has 1 atom stereocenters. The second-order valence-electron chi connectivity index (χ2n) is 6.93. The zero-order chi connectivity index (χ0) is 17.6. The van der Waals surface area contributed by atoms with Crippen LogP contribution in [-0.4, -0.2) is 49.4 Å². The standard InChI is InChI=1S/C19H26ClN3O2/c20-16-6-5-7-17(13-16)23-14-15(12-18(23)24)19(25)21-8-11-22-9-3-1-2-4-10-22/h5-7,13,15H,1-4,8-12,14H2,(H,21,25).